The van der Waals surface area contributed by atoms with E-state index < -0.39 is 0 Å². The largest absolute Gasteiger partial charge is 0.378 e. The van der Waals surface area contributed by atoms with Crippen LogP contribution >= 0.6 is 35.4 Å². The zero-order chi connectivity index (χ0) is 22.5. The second-order valence-corrected chi connectivity index (χ2v) is 8.23. The molecule has 9 heteroatoms. The van der Waals surface area contributed by atoms with Gasteiger partial charge in [0.25, 0.3) is 0 Å². The first kappa shape index (κ1) is 23.1. The highest BCUT2D eigenvalue weighted by atomic mass is 35.5. The number of carbonyl (C=O) groups excluding carboxylic acids is 1. The molecule has 0 unspecified atom stereocenters. The summed E-state index contributed by atoms with van der Waals surface area (Å²) in [6.45, 7) is 8.59. The number of hydrogen-bond donors (Lipinski definition) is 2. The second kappa shape index (κ2) is 10.1. The van der Waals surface area contributed by atoms with Gasteiger partial charge in [-0.1, -0.05) is 47.5 Å². The van der Waals surface area contributed by atoms with Crippen molar-refractivity contribution < 1.29 is 4.79 Å². The number of benzene rings is 2. The fourth-order valence-electron chi connectivity index (χ4n) is 3.15. The van der Waals surface area contributed by atoms with Crippen LogP contribution in [0.25, 0.3) is 0 Å². The molecule has 1 aromatic heterocycles. The Kier molecular flexibility index (Phi) is 7.54. The Balaban J connectivity index is 1.78. The van der Waals surface area contributed by atoms with Crippen LogP contribution in [-0.2, 0) is 24.4 Å². The maximum absolute atomic E-state index is 12.7. The summed E-state index contributed by atoms with van der Waals surface area (Å²) in [5.41, 5.74) is 3.61. The Bertz CT molecular complexity index is 1160. The Hall–Kier alpha value is -2.61. The van der Waals surface area contributed by atoms with Gasteiger partial charge in [0.2, 0.25) is 5.91 Å². The third-order valence-corrected chi connectivity index (χ3v) is 5.89. The number of halogens is 2. The van der Waals surface area contributed by atoms with Crippen molar-refractivity contribution in [2.24, 2.45) is 0 Å². The van der Waals surface area contributed by atoms with Crippen molar-refractivity contribution in [3.05, 3.63) is 80.8 Å². The van der Waals surface area contributed by atoms with E-state index in [1.165, 1.54) is 4.68 Å². The lowest BCUT2D eigenvalue weighted by Crippen LogP contribution is -2.21. The van der Waals surface area contributed by atoms with Gasteiger partial charge in [-0.25, -0.2) is 4.68 Å². The summed E-state index contributed by atoms with van der Waals surface area (Å²) < 4.78 is 3.80. The fourth-order valence-corrected chi connectivity index (χ4v) is 3.73. The van der Waals surface area contributed by atoms with Gasteiger partial charge in [-0.15, -0.1) is 6.58 Å². The first-order chi connectivity index (χ1) is 14.8. The summed E-state index contributed by atoms with van der Waals surface area (Å²) in [6.07, 6.45) is 1.74. The van der Waals surface area contributed by atoms with Gasteiger partial charge in [-0.05, 0) is 55.4 Å². The van der Waals surface area contributed by atoms with Gasteiger partial charge in [0.1, 0.15) is 6.54 Å². The number of allylic oxidation sites excluding steroid dienone is 1. The summed E-state index contributed by atoms with van der Waals surface area (Å²) >= 11 is 17.6. The van der Waals surface area contributed by atoms with Crippen LogP contribution in [0.1, 0.15) is 17.0 Å². The number of aromatic nitrogens is 3. The molecule has 0 radical (unpaired) electrons. The molecule has 31 heavy (non-hydrogen) atoms. The molecule has 0 bridgehead atoms. The molecule has 0 aliphatic carbocycles. The van der Waals surface area contributed by atoms with E-state index in [1.54, 1.807) is 18.2 Å². The Morgan fingerprint density at radius 2 is 1.90 bits per heavy atom. The molecule has 0 fully saturated rings. The van der Waals surface area contributed by atoms with E-state index >= 15 is 0 Å². The first-order valence-corrected chi connectivity index (χ1v) is 10.8. The van der Waals surface area contributed by atoms with Crippen molar-refractivity contribution in [1.29, 1.82) is 0 Å². The number of carbonyl (C=O) groups is 1. The Morgan fingerprint density at radius 3 is 2.55 bits per heavy atom. The topological polar surface area (TPSA) is 63.9 Å². The number of nitrogens with one attached hydrogen (secondary N) is 2. The van der Waals surface area contributed by atoms with Gasteiger partial charge in [-0.3, -0.25) is 9.36 Å². The molecule has 0 saturated heterocycles. The molecular formula is C22H23Cl2N5OS. The number of rotatable bonds is 8. The lowest BCUT2D eigenvalue weighted by atomic mass is 10.1. The minimum absolute atomic E-state index is 0.0104. The average molecular weight is 476 g/mol. The van der Waals surface area contributed by atoms with Crippen LogP contribution in [-0.4, -0.2) is 20.3 Å². The number of anilines is 2. The highest BCUT2D eigenvalue weighted by Crippen LogP contribution is 2.25. The number of nitrogens with zero attached hydrogens (tertiary/aromatic N) is 3. The van der Waals surface area contributed by atoms with Crippen molar-refractivity contribution in [2.75, 3.05) is 10.6 Å². The van der Waals surface area contributed by atoms with Crippen LogP contribution in [0.2, 0.25) is 10.0 Å². The smallest absolute Gasteiger partial charge is 0.246 e. The van der Waals surface area contributed by atoms with Crippen LogP contribution in [0.4, 0.5) is 11.4 Å². The molecule has 2 N–H and O–H groups in total. The van der Waals surface area contributed by atoms with E-state index in [9.17, 15) is 4.79 Å². The van der Waals surface area contributed by atoms with E-state index in [2.05, 4.69) is 22.3 Å². The molecule has 0 atom stereocenters. The van der Waals surface area contributed by atoms with Gasteiger partial charge in [-0.2, -0.15) is 5.10 Å². The highest BCUT2D eigenvalue weighted by molar-refractivity contribution is 7.71. The van der Waals surface area contributed by atoms with E-state index in [4.69, 9.17) is 35.4 Å². The van der Waals surface area contributed by atoms with Crippen molar-refractivity contribution in [3.8, 4) is 0 Å². The minimum atomic E-state index is -0.194. The first-order valence-electron chi connectivity index (χ1n) is 9.62. The predicted molar refractivity (Wildman–Crippen MR) is 130 cm³/mol. The van der Waals surface area contributed by atoms with Crippen molar-refractivity contribution in [3.63, 3.8) is 0 Å². The third kappa shape index (κ3) is 5.55. The number of amides is 1. The summed E-state index contributed by atoms with van der Waals surface area (Å²) in [4.78, 5) is 12.7. The molecule has 0 aliphatic heterocycles. The van der Waals surface area contributed by atoms with E-state index in [-0.39, 0.29) is 12.5 Å². The maximum atomic E-state index is 12.7. The monoisotopic (exact) mass is 475 g/mol. The van der Waals surface area contributed by atoms with E-state index in [1.807, 2.05) is 42.7 Å². The van der Waals surface area contributed by atoms with Crippen LogP contribution in [0.3, 0.4) is 0 Å². The van der Waals surface area contributed by atoms with E-state index in [0.717, 1.165) is 22.5 Å². The Morgan fingerprint density at radius 1 is 1.19 bits per heavy atom. The van der Waals surface area contributed by atoms with E-state index in [0.29, 0.717) is 33.7 Å². The fraction of sp³-hybridized carbons (Fsp3) is 0.227. The third-order valence-electron chi connectivity index (χ3n) is 4.72. The van der Waals surface area contributed by atoms with Crippen molar-refractivity contribution in [1.82, 2.24) is 14.3 Å². The van der Waals surface area contributed by atoms with Crippen LogP contribution < -0.4 is 10.6 Å². The van der Waals surface area contributed by atoms with Crippen LogP contribution in [0.5, 0.6) is 0 Å². The van der Waals surface area contributed by atoms with Crippen LogP contribution in [0.15, 0.2) is 49.1 Å². The molecule has 6 nitrogen and oxygen atoms in total. The lowest BCUT2D eigenvalue weighted by Gasteiger charge is -2.11. The molecule has 1 amide bonds. The zero-order valence-corrected chi connectivity index (χ0v) is 19.6. The molecule has 3 rings (SSSR count). The van der Waals surface area contributed by atoms with Gasteiger partial charge < -0.3 is 10.6 Å². The minimum Gasteiger partial charge on any atom is -0.378 e. The Labute approximate surface area is 196 Å². The molecule has 2 aromatic carbocycles. The number of hydrogen-bond acceptors (Lipinski definition) is 4. The van der Waals surface area contributed by atoms with Gasteiger partial charge in [0, 0.05) is 17.9 Å². The zero-order valence-electron chi connectivity index (χ0n) is 17.3. The number of aryl methyl sites for hydroxylation is 2. The van der Waals surface area contributed by atoms with Crippen LogP contribution in [0, 0.1) is 18.6 Å². The molecule has 0 aliphatic rings. The summed E-state index contributed by atoms with van der Waals surface area (Å²) in [7, 11) is 0. The van der Waals surface area contributed by atoms with Gasteiger partial charge >= 0.3 is 0 Å². The second-order valence-electron chi connectivity index (χ2n) is 7.05. The normalized spacial score (nSPS) is 10.7. The standard InChI is InChI=1S/C22H23Cl2N5OS/c1-4-10-28-19(12-25-16-8-9-17(23)18(24)11-16)27-29(22(28)31)13-20(30)26-21-14(2)6-5-7-15(21)3/h4-9,11,25H,1,10,12-13H2,2-3H3,(H,26,30). The lowest BCUT2D eigenvalue weighted by molar-refractivity contribution is -0.116. The SMILES string of the molecule is C=CCn1c(CNc2ccc(Cl)c(Cl)c2)nn(CC(=O)Nc2c(C)cccc2C)c1=S. The average Bonchev–Trinajstić information content (AvgIpc) is 3.01. The molecule has 0 spiro atoms. The molecule has 3 aromatic rings. The van der Waals surface area contributed by atoms with Crippen molar-refractivity contribution >= 4 is 52.7 Å². The molecule has 0 saturated carbocycles. The quantitative estimate of drug-likeness (QED) is 0.320. The van der Waals surface area contributed by atoms with Crippen molar-refractivity contribution in [2.45, 2.75) is 33.5 Å². The van der Waals surface area contributed by atoms with Gasteiger partial charge in [0.05, 0.1) is 16.6 Å². The van der Waals surface area contributed by atoms with Gasteiger partial charge in [0.15, 0.2) is 10.6 Å². The summed E-state index contributed by atoms with van der Waals surface area (Å²) in [6, 6.07) is 11.2. The highest BCUT2D eigenvalue weighted by Gasteiger charge is 2.14. The molecule has 162 valence electrons. The number of para-hydroxylation sites is 1. The molecule has 1 heterocycles. The maximum Gasteiger partial charge on any atom is 0.246 e. The predicted octanol–water partition coefficient (Wildman–Crippen LogP) is 5.77. The summed E-state index contributed by atoms with van der Waals surface area (Å²) in [5, 5.41) is 11.7. The molecular weight excluding hydrogens is 453 g/mol. The summed E-state index contributed by atoms with van der Waals surface area (Å²) in [5.74, 6) is 0.483.